The van der Waals surface area contributed by atoms with Crippen molar-refractivity contribution in [1.82, 2.24) is 0 Å². The SMILES string of the molecule is O=[P](c1ccc(C(F)(F)F)cc1)c1ccc(C(F)(F)F)cc1. The van der Waals surface area contributed by atoms with E-state index < -0.39 is 31.3 Å². The lowest BCUT2D eigenvalue weighted by Crippen LogP contribution is -2.11. The Morgan fingerprint density at radius 3 is 1.09 bits per heavy atom. The minimum Gasteiger partial charge on any atom is -0.277 e. The van der Waals surface area contributed by atoms with Crippen LogP contribution in [0.25, 0.3) is 0 Å². The molecule has 1 radical (unpaired) electrons. The van der Waals surface area contributed by atoms with E-state index in [2.05, 4.69) is 0 Å². The van der Waals surface area contributed by atoms with Gasteiger partial charge in [0, 0.05) is 10.6 Å². The predicted molar refractivity (Wildman–Crippen MR) is 69.8 cm³/mol. The summed E-state index contributed by atoms with van der Waals surface area (Å²) in [5.74, 6) is 0. The fourth-order valence-corrected chi connectivity index (χ4v) is 2.86. The molecule has 0 saturated heterocycles. The fraction of sp³-hybridized carbons (Fsp3) is 0.143. The molecule has 0 saturated carbocycles. The molecule has 117 valence electrons. The molecule has 0 aliphatic rings. The van der Waals surface area contributed by atoms with Crippen LogP contribution >= 0.6 is 7.80 Å². The zero-order valence-electron chi connectivity index (χ0n) is 10.7. The van der Waals surface area contributed by atoms with Gasteiger partial charge in [0.2, 0.25) is 0 Å². The van der Waals surface area contributed by atoms with E-state index in [1.54, 1.807) is 0 Å². The molecule has 0 N–H and O–H groups in total. The maximum Gasteiger partial charge on any atom is 0.416 e. The van der Waals surface area contributed by atoms with Crippen molar-refractivity contribution in [3.8, 4) is 0 Å². The molecule has 0 atom stereocenters. The van der Waals surface area contributed by atoms with Crippen LogP contribution < -0.4 is 10.6 Å². The minimum absolute atomic E-state index is 0.114. The highest BCUT2D eigenvalue weighted by molar-refractivity contribution is 7.61. The maximum absolute atomic E-state index is 12.4. The highest BCUT2D eigenvalue weighted by atomic mass is 31.1. The fourth-order valence-electron chi connectivity index (χ4n) is 1.72. The normalized spacial score (nSPS) is 12.3. The molecule has 0 spiro atoms. The van der Waals surface area contributed by atoms with E-state index in [9.17, 15) is 30.9 Å². The van der Waals surface area contributed by atoms with Gasteiger partial charge >= 0.3 is 12.4 Å². The first-order chi connectivity index (χ1) is 10.1. The molecule has 0 amide bonds. The van der Waals surface area contributed by atoms with Crippen molar-refractivity contribution in [2.24, 2.45) is 0 Å². The molecular weight excluding hydrogens is 329 g/mol. The largest absolute Gasteiger partial charge is 0.416 e. The standard InChI is InChI=1S/C14H8F6OP/c15-13(16,17)9-1-5-11(6-2-9)22(21)12-7-3-10(4-8-12)14(18,19)20/h1-8H. The Hall–Kier alpha value is -1.88. The maximum atomic E-state index is 12.4. The van der Waals surface area contributed by atoms with Crippen molar-refractivity contribution in [1.29, 1.82) is 0 Å². The van der Waals surface area contributed by atoms with Crippen LogP contribution in [-0.2, 0) is 16.9 Å². The first kappa shape index (κ1) is 16.5. The topological polar surface area (TPSA) is 17.1 Å². The van der Waals surface area contributed by atoms with Crippen LogP contribution in [-0.4, -0.2) is 0 Å². The Kier molecular flexibility index (Phi) is 4.29. The monoisotopic (exact) mass is 337 g/mol. The van der Waals surface area contributed by atoms with Gasteiger partial charge in [-0.25, -0.2) is 0 Å². The zero-order valence-corrected chi connectivity index (χ0v) is 11.6. The number of benzene rings is 2. The average Bonchev–Trinajstić information content (AvgIpc) is 2.45. The van der Waals surface area contributed by atoms with E-state index >= 15 is 0 Å². The highest BCUT2D eigenvalue weighted by Gasteiger charge is 2.31. The lowest BCUT2D eigenvalue weighted by Gasteiger charge is -2.09. The lowest BCUT2D eigenvalue weighted by molar-refractivity contribution is -0.138. The molecule has 0 aromatic heterocycles. The Balaban J connectivity index is 2.25. The van der Waals surface area contributed by atoms with E-state index in [4.69, 9.17) is 0 Å². The van der Waals surface area contributed by atoms with Crippen molar-refractivity contribution in [2.75, 3.05) is 0 Å². The van der Waals surface area contributed by atoms with Crippen LogP contribution in [0, 0.1) is 0 Å². The number of hydrogen-bond acceptors (Lipinski definition) is 1. The second-order valence-electron chi connectivity index (χ2n) is 4.38. The van der Waals surface area contributed by atoms with E-state index in [0.717, 1.165) is 48.5 Å². The third-order valence-corrected chi connectivity index (χ3v) is 4.39. The second kappa shape index (κ2) is 5.72. The van der Waals surface area contributed by atoms with Gasteiger partial charge in [-0.05, 0) is 48.5 Å². The molecule has 0 unspecified atom stereocenters. The van der Waals surface area contributed by atoms with Crippen LogP contribution in [0.4, 0.5) is 26.3 Å². The van der Waals surface area contributed by atoms with Crippen molar-refractivity contribution < 1.29 is 30.9 Å². The summed E-state index contributed by atoms with van der Waals surface area (Å²) in [5, 5.41) is 0.227. The minimum atomic E-state index is -4.50. The molecule has 0 bridgehead atoms. The predicted octanol–water partition coefficient (Wildman–Crippen LogP) is 4.50. The molecule has 0 aliphatic carbocycles. The van der Waals surface area contributed by atoms with Gasteiger partial charge in [-0.2, -0.15) is 26.3 Å². The Morgan fingerprint density at radius 1 is 0.591 bits per heavy atom. The van der Waals surface area contributed by atoms with Crippen LogP contribution in [0.3, 0.4) is 0 Å². The number of alkyl halides is 6. The van der Waals surface area contributed by atoms with Gasteiger partial charge in [-0.15, -0.1) is 0 Å². The number of halogens is 6. The summed E-state index contributed by atoms with van der Waals surface area (Å²) in [7, 11) is -2.25. The van der Waals surface area contributed by atoms with Gasteiger partial charge < -0.3 is 0 Å². The van der Waals surface area contributed by atoms with Gasteiger partial charge in [0.05, 0.1) is 11.1 Å². The summed E-state index contributed by atoms with van der Waals surface area (Å²) in [6.07, 6.45) is -9.00. The molecular formula is C14H8F6OP. The zero-order chi connectivity index (χ0) is 16.5. The molecule has 2 rings (SSSR count). The number of rotatable bonds is 2. The van der Waals surface area contributed by atoms with Gasteiger partial charge in [0.25, 0.3) is 0 Å². The third kappa shape index (κ3) is 3.65. The molecule has 22 heavy (non-hydrogen) atoms. The van der Waals surface area contributed by atoms with Gasteiger partial charge in [0.15, 0.2) is 0 Å². The molecule has 2 aromatic rings. The van der Waals surface area contributed by atoms with E-state index in [0.29, 0.717) is 0 Å². The number of hydrogen-bond donors (Lipinski definition) is 0. The van der Waals surface area contributed by atoms with Crippen molar-refractivity contribution in [3.05, 3.63) is 59.7 Å². The van der Waals surface area contributed by atoms with Crippen LogP contribution in [0.15, 0.2) is 48.5 Å². The first-order valence-electron chi connectivity index (χ1n) is 5.91. The molecule has 8 heteroatoms. The van der Waals surface area contributed by atoms with E-state index in [1.165, 1.54) is 0 Å². The summed E-state index contributed by atoms with van der Waals surface area (Å²) in [4.78, 5) is 0. The summed E-state index contributed by atoms with van der Waals surface area (Å²) < 4.78 is 86.7. The van der Waals surface area contributed by atoms with Crippen molar-refractivity contribution >= 4 is 18.4 Å². The quantitative estimate of drug-likeness (QED) is 0.582. The lowest BCUT2D eigenvalue weighted by atomic mass is 10.2. The highest BCUT2D eigenvalue weighted by Crippen LogP contribution is 2.31. The van der Waals surface area contributed by atoms with Crippen LogP contribution in [0.2, 0.25) is 0 Å². The van der Waals surface area contributed by atoms with E-state index in [1.807, 2.05) is 0 Å². The molecule has 2 aromatic carbocycles. The van der Waals surface area contributed by atoms with Crippen LogP contribution in [0.5, 0.6) is 0 Å². The van der Waals surface area contributed by atoms with Gasteiger partial charge in [-0.3, -0.25) is 4.57 Å². The van der Waals surface area contributed by atoms with Crippen molar-refractivity contribution in [2.45, 2.75) is 12.4 Å². The Labute approximate surface area is 122 Å². The molecule has 0 fully saturated rings. The Bertz CT molecular complexity index is 611. The molecule has 0 heterocycles. The van der Waals surface area contributed by atoms with E-state index in [-0.39, 0.29) is 10.6 Å². The average molecular weight is 337 g/mol. The van der Waals surface area contributed by atoms with Crippen LogP contribution in [0.1, 0.15) is 11.1 Å². The van der Waals surface area contributed by atoms with Crippen molar-refractivity contribution in [3.63, 3.8) is 0 Å². The summed E-state index contributed by atoms with van der Waals surface area (Å²) in [6.45, 7) is 0. The van der Waals surface area contributed by atoms with Gasteiger partial charge in [0.1, 0.15) is 7.80 Å². The smallest absolute Gasteiger partial charge is 0.277 e. The third-order valence-electron chi connectivity index (χ3n) is 2.86. The molecule has 1 nitrogen and oxygen atoms in total. The summed E-state index contributed by atoms with van der Waals surface area (Å²) >= 11 is 0. The summed E-state index contributed by atoms with van der Waals surface area (Å²) in [6, 6.07) is 7.36. The molecule has 0 aliphatic heterocycles. The van der Waals surface area contributed by atoms with Gasteiger partial charge in [-0.1, -0.05) is 0 Å². The Morgan fingerprint density at radius 2 is 0.864 bits per heavy atom. The first-order valence-corrected chi connectivity index (χ1v) is 7.17. The summed E-state index contributed by atoms with van der Waals surface area (Å²) in [5.41, 5.74) is -1.76. The second-order valence-corrected chi connectivity index (χ2v) is 6.01.